The molecular weight excluding hydrogens is 426 g/mol. The molecule has 0 aromatic heterocycles. The summed E-state index contributed by atoms with van der Waals surface area (Å²) in [7, 11) is 0. The molecule has 8 nitrogen and oxygen atoms in total. The maximum absolute atomic E-state index is 13.5. The van der Waals surface area contributed by atoms with E-state index in [0.29, 0.717) is 11.1 Å². The van der Waals surface area contributed by atoms with Gasteiger partial charge in [0, 0.05) is 17.1 Å². The molecule has 4 rings (SSSR count). The van der Waals surface area contributed by atoms with Crippen molar-refractivity contribution in [2.24, 2.45) is 23.5 Å². The van der Waals surface area contributed by atoms with E-state index < -0.39 is 52.7 Å². The Balaban J connectivity index is 1.94. The molecule has 2 saturated carbocycles. The number of benzene rings is 1. The number of rotatable bonds is 1. The molecule has 2 fully saturated rings. The summed E-state index contributed by atoms with van der Waals surface area (Å²) >= 11 is 0. The highest BCUT2D eigenvalue weighted by Gasteiger charge is 2.63. The summed E-state index contributed by atoms with van der Waals surface area (Å²) in [5, 5.41) is 43.5. The number of carbonyl (C=O) groups excluding carboxylic acids is 3. The van der Waals surface area contributed by atoms with Crippen molar-refractivity contribution in [3.63, 3.8) is 0 Å². The Labute approximate surface area is 190 Å². The third kappa shape index (κ3) is 3.06. The molecule has 3 aliphatic rings. The van der Waals surface area contributed by atoms with Crippen molar-refractivity contribution in [2.45, 2.75) is 44.8 Å². The monoisotopic (exact) mass is 449 g/mol. The lowest BCUT2D eigenvalue weighted by atomic mass is 9.56. The number of ketones is 2. The smallest absolute Gasteiger partial charge is 0.230 e. The average molecular weight is 449 g/mol. The van der Waals surface area contributed by atoms with Gasteiger partial charge in [0.1, 0.15) is 17.4 Å². The molecule has 33 heavy (non-hydrogen) atoms. The minimum atomic E-state index is -2.60. The number of carbonyl (C=O) groups is 3. The van der Waals surface area contributed by atoms with Gasteiger partial charge in [-0.25, -0.2) is 0 Å². The second kappa shape index (κ2) is 7.77. The number of aromatic hydroxyl groups is 1. The molecule has 0 radical (unpaired) electrons. The van der Waals surface area contributed by atoms with Crippen LogP contribution >= 0.6 is 0 Å². The van der Waals surface area contributed by atoms with Crippen LogP contribution in [0.4, 0.5) is 0 Å². The summed E-state index contributed by atoms with van der Waals surface area (Å²) in [6, 6.07) is 1.62. The van der Waals surface area contributed by atoms with Gasteiger partial charge in [0.25, 0.3) is 0 Å². The van der Waals surface area contributed by atoms with E-state index in [2.05, 4.69) is 23.7 Å². The Morgan fingerprint density at radius 1 is 1.12 bits per heavy atom. The molecule has 0 aliphatic heterocycles. The van der Waals surface area contributed by atoms with E-state index >= 15 is 0 Å². The van der Waals surface area contributed by atoms with Crippen LogP contribution in [0.3, 0.4) is 0 Å². The van der Waals surface area contributed by atoms with Crippen LogP contribution in [0.25, 0.3) is 5.76 Å². The minimum absolute atomic E-state index is 0.00982. The van der Waals surface area contributed by atoms with E-state index in [-0.39, 0.29) is 41.7 Å². The van der Waals surface area contributed by atoms with Gasteiger partial charge in [-0.15, -0.1) is 11.8 Å². The van der Waals surface area contributed by atoms with E-state index in [1.165, 1.54) is 0 Å². The lowest BCUT2D eigenvalue weighted by molar-refractivity contribution is -0.174. The lowest BCUT2D eigenvalue weighted by Crippen LogP contribution is -2.66. The molecule has 0 heterocycles. The fraction of sp³-hybridized carbons (Fsp3) is 0.400. The molecule has 1 aromatic carbocycles. The first-order valence-electron chi connectivity index (χ1n) is 10.5. The second-order valence-electron chi connectivity index (χ2n) is 8.66. The predicted octanol–water partition coefficient (Wildman–Crippen LogP) is 0.332. The summed E-state index contributed by atoms with van der Waals surface area (Å²) in [6.07, 6.45) is -1.26. The van der Waals surface area contributed by atoms with Gasteiger partial charge in [-0.05, 0) is 50.7 Å². The molecule has 170 valence electrons. The maximum atomic E-state index is 13.5. The fourth-order valence-electron chi connectivity index (χ4n) is 5.47. The zero-order valence-corrected chi connectivity index (χ0v) is 18.1. The normalized spacial score (nSPS) is 30.2. The number of nitrogens with two attached hydrogens (primary N) is 1. The molecule has 1 aromatic rings. The van der Waals surface area contributed by atoms with E-state index in [0.717, 1.165) is 0 Å². The first kappa shape index (κ1) is 22.6. The number of Topliss-reactive ketones (excluding diaryl/α,β-unsaturated/α-hetero) is 2. The average Bonchev–Trinajstić information content (AvgIpc) is 2.74. The third-order valence-electron chi connectivity index (χ3n) is 6.90. The molecule has 0 spiro atoms. The highest BCUT2D eigenvalue weighted by Crippen LogP contribution is 2.52. The highest BCUT2D eigenvalue weighted by molar-refractivity contribution is 6.24. The van der Waals surface area contributed by atoms with Crippen molar-refractivity contribution in [3.05, 3.63) is 33.9 Å². The molecular formula is C25H23NO7. The maximum Gasteiger partial charge on any atom is 0.230 e. The first-order valence-corrected chi connectivity index (χ1v) is 10.5. The van der Waals surface area contributed by atoms with Gasteiger partial charge in [-0.3, -0.25) is 14.4 Å². The van der Waals surface area contributed by atoms with Crippen LogP contribution in [-0.4, -0.2) is 49.6 Å². The van der Waals surface area contributed by atoms with Crippen molar-refractivity contribution < 1.29 is 34.8 Å². The lowest BCUT2D eigenvalue weighted by Gasteiger charge is -2.48. The van der Waals surface area contributed by atoms with Crippen molar-refractivity contribution in [1.29, 1.82) is 0 Å². The minimum Gasteiger partial charge on any atom is -0.507 e. The second-order valence-corrected chi connectivity index (χ2v) is 8.66. The van der Waals surface area contributed by atoms with Crippen LogP contribution in [0.15, 0.2) is 11.6 Å². The summed E-state index contributed by atoms with van der Waals surface area (Å²) in [6.45, 7) is 3.22. The zero-order valence-electron chi connectivity index (χ0n) is 18.1. The SMILES string of the molecule is CC#Cc1cc(C#CC)c2c(c1O)C(O)=C1C(=O)[C@]3(O)C(=O)C(C(N)=O)C(O)C[C@@H]3C[C@@H]1C2. The topological polar surface area (TPSA) is 158 Å². The number of hydrogen-bond acceptors (Lipinski definition) is 7. The van der Waals surface area contributed by atoms with Crippen LogP contribution in [-0.2, 0) is 20.8 Å². The van der Waals surface area contributed by atoms with Gasteiger partial charge in [0.05, 0.1) is 17.2 Å². The summed E-state index contributed by atoms with van der Waals surface area (Å²) in [5.74, 6) is 3.67. The van der Waals surface area contributed by atoms with Gasteiger partial charge >= 0.3 is 0 Å². The molecule has 2 unspecified atom stereocenters. The fourth-order valence-corrected chi connectivity index (χ4v) is 5.47. The largest absolute Gasteiger partial charge is 0.507 e. The van der Waals surface area contributed by atoms with E-state index in [1.807, 2.05) is 0 Å². The molecule has 6 N–H and O–H groups in total. The Hall–Kier alpha value is -3.59. The number of aliphatic hydroxyl groups excluding tert-OH is 2. The zero-order chi connectivity index (χ0) is 24.2. The number of aliphatic hydroxyl groups is 3. The summed E-state index contributed by atoms with van der Waals surface area (Å²) in [5.41, 5.74) is 3.73. The number of amides is 1. The number of phenolic OH excluding ortho intramolecular Hbond substituents is 1. The van der Waals surface area contributed by atoms with Crippen LogP contribution in [0.2, 0.25) is 0 Å². The molecule has 0 saturated heterocycles. The highest BCUT2D eigenvalue weighted by atomic mass is 16.3. The van der Waals surface area contributed by atoms with Gasteiger partial charge in [-0.1, -0.05) is 11.8 Å². The van der Waals surface area contributed by atoms with Crippen LogP contribution < -0.4 is 5.73 Å². The predicted molar refractivity (Wildman–Crippen MR) is 116 cm³/mol. The van der Waals surface area contributed by atoms with E-state index in [4.69, 9.17) is 5.73 Å². The number of primary amides is 1. The summed E-state index contributed by atoms with van der Waals surface area (Å²) in [4.78, 5) is 38.2. The van der Waals surface area contributed by atoms with Crippen molar-refractivity contribution in [3.8, 4) is 29.4 Å². The van der Waals surface area contributed by atoms with Gasteiger partial charge in [0.2, 0.25) is 11.7 Å². The van der Waals surface area contributed by atoms with Crippen LogP contribution in [0, 0.1) is 41.4 Å². The van der Waals surface area contributed by atoms with Gasteiger partial charge in [-0.2, -0.15) is 0 Å². The first-order chi connectivity index (χ1) is 15.6. The number of fused-ring (bicyclic) bond motifs is 3. The van der Waals surface area contributed by atoms with E-state index in [9.17, 15) is 34.8 Å². The summed E-state index contributed by atoms with van der Waals surface area (Å²) < 4.78 is 0. The van der Waals surface area contributed by atoms with Gasteiger partial charge in [0.15, 0.2) is 11.4 Å². The Morgan fingerprint density at radius 2 is 1.76 bits per heavy atom. The standard InChI is InChI=1S/C25H23NO7/c1-3-5-11-7-12(6-4-2)20(28)18-15(11)9-13-8-14-10-16(27)19(24(26)32)23(31)25(14,33)22(30)17(13)21(18)29/h7,13-14,16,19,27-29,33H,8-10H2,1-2H3,(H2,26,32)/t13-,14+,16?,19?,25+/m1/s1. The third-order valence-corrected chi connectivity index (χ3v) is 6.90. The van der Waals surface area contributed by atoms with Crippen LogP contribution in [0.5, 0.6) is 5.75 Å². The quantitative estimate of drug-likeness (QED) is 0.305. The van der Waals surface area contributed by atoms with Gasteiger partial charge < -0.3 is 26.2 Å². The van der Waals surface area contributed by atoms with Crippen LogP contribution in [0.1, 0.15) is 48.9 Å². The molecule has 3 aliphatic carbocycles. The van der Waals surface area contributed by atoms with E-state index in [1.54, 1.807) is 19.9 Å². The Kier molecular flexibility index (Phi) is 5.32. The molecule has 8 heteroatoms. The molecule has 0 bridgehead atoms. The Bertz CT molecular complexity index is 1270. The molecule has 1 amide bonds. The molecule has 5 atom stereocenters. The van der Waals surface area contributed by atoms with Crippen molar-refractivity contribution in [2.75, 3.05) is 0 Å². The number of hydrogen-bond donors (Lipinski definition) is 5. The number of phenols is 1. The Morgan fingerprint density at radius 3 is 2.36 bits per heavy atom. The van der Waals surface area contributed by atoms with Crippen molar-refractivity contribution in [1.82, 2.24) is 0 Å². The van der Waals surface area contributed by atoms with Crippen molar-refractivity contribution >= 4 is 23.2 Å².